The van der Waals surface area contributed by atoms with E-state index < -0.39 is 0 Å². The molecular weight excluding hydrogens is 283 g/mol. The van der Waals surface area contributed by atoms with Gasteiger partial charge in [-0.1, -0.05) is 18.2 Å². The van der Waals surface area contributed by atoms with Gasteiger partial charge in [-0.05, 0) is 23.8 Å². The predicted molar refractivity (Wildman–Crippen MR) is 84.4 cm³/mol. The zero-order chi connectivity index (χ0) is 15.9. The summed E-state index contributed by atoms with van der Waals surface area (Å²) in [5.41, 5.74) is 14.5. The second kappa shape index (κ2) is 5.31. The van der Waals surface area contributed by atoms with Gasteiger partial charge < -0.3 is 21.1 Å². The molecular formula is C16H17FN4O. The Balaban J connectivity index is 2.16. The summed E-state index contributed by atoms with van der Waals surface area (Å²) in [6, 6.07) is 10.1. The van der Waals surface area contributed by atoms with E-state index in [-0.39, 0.29) is 12.0 Å². The first-order valence-electron chi connectivity index (χ1n) is 6.82. The Morgan fingerprint density at radius 3 is 2.77 bits per heavy atom. The SMILES string of the molecule is COc1cccc(F)c1-c1ccc2c(c1)N=C(N)N(C)C2N. The molecule has 4 N–H and O–H groups in total. The summed E-state index contributed by atoms with van der Waals surface area (Å²) in [6.45, 7) is 0. The highest BCUT2D eigenvalue weighted by Gasteiger charge is 2.23. The van der Waals surface area contributed by atoms with Crippen LogP contribution in [0.25, 0.3) is 11.1 Å². The number of hydrogen-bond acceptors (Lipinski definition) is 5. The summed E-state index contributed by atoms with van der Waals surface area (Å²) in [5, 5.41) is 0. The minimum Gasteiger partial charge on any atom is -0.496 e. The van der Waals surface area contributed by atoms with E-state index in [0.717, 1.165) is 5.56 Å². The molecule has 2 aromatic carbocycles. The van der Waals surface area contributed by atoms with Gasteiger partial charge in [-0.15, -0.1) is 0 Å². The third-order valence-corrected chi connectivity index (χ3v) is 3.85. The maximum absolute atomic E-state index is 14.2. The fraction of sp³-hybridized carbons (Fsp3) is 0.188. The maximum atomic E-state index is 14.2. The van der Waals surface area contributed by atoms with E-state index in [1.807, 2.05) is 12.1 Å². The minimum absolute atomic E-state index is 0.331. The Labute approximate surface area is 128 Å². The highest BCUT2D eigenvalue weighted by Crippen LogP contribution is 2.38. The number of guanidine groups is 1. The molecule has 0 saturated heterocycles. The third kappa shape index (κ3) is 2.17. The van der Waals surface area contributed by atoms with Gasteiger partial charge in [0.15, 0.2) is 5.96 Å². The molecule has 1 aliphatic rings. The number of nitrogens with zero attached hydrogens (tertiary/aromatic N) is 2. The lowest BCUT2D eigenvalue weighted by Crippen LogP contribution is -2.42. The number of halogens is 1. The molecule has 0 saturated carbocycles. The Hall–Kier alpha value is -2.60. The van der Waals surface area contributed by atoms with Crippen LogP contribution in [0.1, 0.15) is 11.7 Å². The number of rotatable bonds is 2. The lowest BCUT2D eigenvalue weighted by atomic mass is 9.99. The van der Waals surface area contributed by atoms with Gasteiger partial charge >= 0.3 is 0 Å². The molecule has 0 amide bonds. The van der Waals surface area contributed by atoms with Crippen LogP contribution in [0.15, 0.2) is 41.4 Å². The van der Waals surface area contributed by atoms with E-state index in [2.05, 4.69) is 4.99 Å². The number of fused-ring (bicyclic) bond motifs is 1. The van der Waals surface area contributed by atoms with Gasteiger partial charge in [-0.2, -0.15) is 0 Å². The highest BCUT2D eigenvalue weighted by molar-refractivity contribution is 5.85. The van der Waals surface area contributed by atoms with Gasteiger partial charge in [0.2, 0.25) is 0 Å². The van der Waals surface area contributed by atoms with Crippen molar-refractivity contribution in [3.05, 3.63) is 47.8 Å². The standard InChI is InChI=1S/C16H17FN4O/c1-21-15(18)10-7-6-9(8-12(10)20-16(21)19)14-11(17)4-3-5-13(14)22-2/h3-8,15H,18H2,1-2H3,(H2,19,20). The summed E-state index contributed by atoms with van der Waals surface area (Å²) < 4.78 is 19.4. The van der Waals surface area contributed by atoms with Gasteiger partial charge in [-0.3, -0.25) is 0 Å². The van der Waals surface area contributed by atoms with Crippen LogP contribution < -0.4 is 16.2 Å². The van der Waals surface area contributed by atoms with Crippen LogP contribution in [0.2, 0.25) is 0 Å². The Morgan fingerprint density at radius 1 is 1.27 bits per heavy atom. The van der Waals surface area contributed by atoms with Crippen LogP contribution in [0.3, 0.4) is 0 Å². The van der Waals surface area contributed by atoms with Crippen molar-refractivity contribution in [2.75, 3.05) is 14.2 Å². The number of aliphatic imine (C=N–C) groups is 1. The quantitative estimate of drug-likeness (QED) is 0.892. The number of hydrogen-bond donors (Lipinski definition) is 2. The summed E-state index contributed by atoms with van der Waals surface area (Å²) in [6.07, 6.45) is -0.371. The van der Waals surface area contributed by atoms with E-state index >= 15 is 0 Å². The molecule has 0 spiro atoms. The predicted octanol–water partition coefficient (Wildman–Crippen LogP) is 2.35. The lowest BCUT2D eigenvalue weighted by Gasteiger charge is -2.31. The molecule has 22 heavy (non-hydrogen) atoms. The first-order chi connectivity index (χ1) is 10.5. The Bertz CT molecular complexity index is 760. The van der Waals surface area contributed by atoms with Crippen LogP contribution >= 0.6 is 0 Å². The first-order valence-corrected chi connectivity index (χ1v) is 6.82. The van der Waals surface area contributed by atoms with Crippen LogP contribution in [0.4, 0.5) is 10.1 Å². The summed E-state index contributed by atoms with van der Waals surface area (Å²) >= 11 is 0. The third-order valence-electron chi connectivity index (χ3n) is 3.85. The molecule has 114 valence electrons. The normalized spacial score (nSPS) is 17.0. The molecule has 0 aromatic heterocycles. The molecule has 1 atom stereocenters. The maximum Gasteiger partial charge on any atom is 0.197 e. The molecule has 0 fully saturated rings. The monoisotopic (exact) mass is 300 g/mol. The van der Waals surface area contributed by atoms with Gasteiger partial charge in [0.1, 0.15) is 17.7 Å². The van der Waals surface area contributed by atoms with Crippen LogP contribution in [-0.2, 0) is 0 Å². The van der Waals surface area contributed by atoms with Gasteiger partial charge in [0, 0.05) is 12.6 Å². The van der Waals surface area contributed by atoms with Crippen molar-refractivity contribution in [1.82, 2.24) is 4.90 Å². The molecule has 0 radical (unpaired) electrons. The zero-order valence-corrected chi connectivity index (χ0v) is 12.4. The van der Waals surface area contributed by atoms with Gasteiger partial charge in [0.05, 0.1) is 18.4 Å². The summed E-state index contributed by atoms with van der Waals surface area (Å²) in [4.78, 5) is 6.01. The Morgan fingerprint density at radius 2 is 2.05 bits per heavy atom. The molecule has 1 unspecified atom stereocenters. The van der Waals surface area contributed by atoms with E-state index in [9.17, 15) is 4.39 Å². The van der Waals surface area contributed by atoms with Crippen LogP contribution in [-0.4, -0.2) is 25.0 Å². The molecule has 1 heterocycles. The van der Waals surface area contributed by atoms with E-state index in [1.165, 1.54) is 13.2 Å². The molecule has 5 nitrogen and oxygen atoms in total. The van der Waals surface area contributed by atoms with Gasteiger partial charge in [-0.25, -0.2) is 9.38 Å². The average Bonchev–Trinajstić information content (AvgIpc) is 2.52. The fourth-order valence-corrected chi connectivity index (χ4v) is 2.55. The van der Waals surface area contributed by atoms with E-state index in [4.69, 9.17) is 16.2 Å². The highest BCUT2D eigenvalue weighted by atomic mass is 19.1. The molecule has 2 aromatic rings. The number of ether oxygens (including phenoxy) is 1. The summed E-state index contributed by atoms with van der Waals surface area (Å²) in [7, 11) is 3.29. The molecule has 6 heteroatoms. The van der Waals surface area contributed by atoms with Crippen molar-refractivity contribution >= 4 is 11.6 Å². The minimum atomic E-state index is -0.371. The molecule has 3 rings (SSSR count). The van der Waals surface area contributed by atoms with E-state index in [1.54, 1.807) is 30.1 Å². The average molecular weight is 300 g/mol. The smallest absolute Gasteiger partial charge is 0.197 e. The number of methoxy groups -OCH3 is 1. The number of benzene rings is 2. The zero-order valence-electron chi connectivity index (χ0n) is 12.4. The van der Waals surface area contributed by atoms with Crippen LogP contribution in [0, 0.1) is 5.82 Å². The second-order valence-corrected chi connectivity index (χ2v) is 5.12. The van der Waals surface area contributed by atoms with Crippen molar-refractivity contribution in [2.45, 2.75) is 6.17 Å². The largest absolute Gasteiger partial charge is 0.496 e. The summed E-state index contributed by atoms with van der Waals surface area (Å²) in [5.74, 6) is 0.445. The molecule has 1 aliphatic heterocycles. The molecule has 0 bridgehead atoms. The second-order valence-electron chi connectivity index (χ2n) is 5.12. The van der Waals surface area contributed by atoms with Crippen molar-refractivity contribution in [2.24, 2.45) is 16.5 Å². The molecule has 0 aliphatic carbocycles. The Kier molecular flexibility index (Phi) is 3.46. The van der Waals surface area contributed by atoms with Crippen molar-refractivity contribution in [1.29, 1.82) is 0 Å². The topological polar surface area (TPSA) is 76.9 Å². The van der Waals surface area contributed by atoms with E-state index in [0.29, 0.717) is 28.5 Å². The van der Waals surface area contributed by atoms with Crippen molar-refractivity contribution in [3.8, 4) is 16.9 Å². The first kappa shape index (κ1) is 14.3. The van der Waals surface area contributed by atoms with Crippen LogP contribution in [0.5, 0.6) is 5.75 Å². The van der Waals surface area contributed by atoms with Crippen molar-refractivity contribution in [3.63, 3.8) is 0 Å². The fourth-order valence-electron chi connectivity index (χ4n) is 2.55. The lowest BCUT2D eigenvalue weighted by molar-refractivity contribution is 0.375. The van der Waals surface area contributed by atoms with Crippen molar-refractivity contribution < 1.29 is 9.13 Å². The van der Waals surface area contributed by atoms with Gasteiger partial charge in [0.25, 0.3) is 0 Å². The number of nitrogens with two attached hydrogens (primary N) is 2.